The zero-order valence-corrected chi connectivity index (χ0v) is 17.3. The summed E-state index contributed by atoms with van der Waals surface area (Å²) in [6, 6.07) is 11.1. The van der Waals surface area contributed by atoms with Crippen molar-refractivity contribution in [2.75, 3.05) is 18.4 Å². The van der Waals surface area contributed by atoms with Crippen molar-refractivity contribution in [3.05, 3.63) is 58.2 Å². The van der Waals surface area contributed by atoms with Gasteiger partial charge in [-0.25, -0.2) is 0 Å². The number of phenols is 1. The molecule has 4 rings (SSSR count). The highest BCUT2D eigenvalue weighted by molar-refractivity contribution is 6.31. The van der Waals surface area contributed by atoms with E-state index in [1.807, 2.05) is 30.3 Å². The summed E-state index contributed by atoms with van der Waals surface area (Å²) in [5.41, 5.74) is 3.07. The average Bonchev–Trinajstić information content (AvgIpc) is 2.67. The number of piperidine rings is 1. The molecule has 2 N–H and O–H groups in total. The van der Waals surface area contributed by atoms with Gasteiger partial charge in [0.15, 0.2) is 0 Å². The number of benzene rings is 2. The Labute approximate surface area is 175 Å². The lowest BCUT2D eigenvalue weighted by Gasteiger charge is -2.30. The number of halogens is 2. The van der Waals surface area contributed by atoms with Crippen LogP contribution in [0.25, 0.3) is 10.9 Å². The van der Waals surface area contributed by atoms with E-state index in [-0.39, 0.29) is 5.75 Å². The molecule has 3 aromatic rings. The maximum absolute atomic E-state index is 10.9. The number of phenolic OH excluding ortho intramolecular Hbond substituents is 1. The number of nitrogens with one attached hydrogen (secondary N) is 1. The standard InChI is InChI=1S/C22H23Cl2N3O/c1-14-5-8-27(9-6-14)13-15-10-17(24)12-21(22(15)28)26-19-4-7-25-20-11-16(23)2-3-18(19)20/h2-4,7,10-12,14,28H,5-6,8-9,13H2,1H3,(H,25,26). The van der Waals surface area contributed by atoms with Gasteiger partial charge in [0, 0.05) is 39.4 Å². The summed E-state index contributed by atoms with van der Waals surface area (Å²) in [4.78, 5) is 6.74. The second kappa shape index (κ2) is 8.16. The average molecular weight is 416 g/mol. The van der Waals surface area contributed by atoms with Gasteiger partial charge in [0.2, 0.25) is 0 Å². The van der Waals surface area contributed by atoms with Gasteiger partial charge in [-0.1, -0.05) is 30.1 Å². The second-order valence-electron chi connectivity index (χ2n) is 7.56. The molecule has 146 valence electrons. The summed E-state index contributed by atoms with van der Waals surface area (Å²) >= 11 is 12.4. The van der Waals surface area contributed by atoms with Crippen molar-refractivity contribution in [1.29, 1.82) is 0 Å². The molecule has 0 radical (unpaired) electrons. The quantitative estimate of drug-likeness (QED) is 0.496. The predicted molar refractivity (Wildman–Crippen MR) is 117 cm³/mol. The van der Waals surface area contributed by atoms with Gasteiger partial charge < -0.3 is 10.4 Å². The maximum atomic E-state index is 10.9. The van der Waals surface area contributed by atoms with Crippen LogP contribution in [0.5, 0.6) is 5.75 Å². The Kier molecular flexibility index (Phi) is 5.63. The highest BCUT2D eigenvalue weighted by Gasteiger charge is 2.19. The van der Waals surface area contributed by atoms with Crippen molar-refractivity contribution in [3.8, 4) is 5.75 Å². The molecule has 0 unspecified atom stereocenters. The third kappa shape index (κ3) is 4.19. The second-order valence-corrected chi connectivity index (χ2v) is 8.44. The first kappa shape index (κ1) is 19.3. The number of pyridine rings is 1. The van der Waals surface area contributed by atoms with Crippen LogP contribution in [0.2, 0.25) is 10.0 Å². The fourth-order valence-electron chi connectivity index (χ4n) is 3.71. The van der Waals surface area contributed by atoms with Crippen molar-refractivity contribution < 1.29 is 5.11 Å². The molecule has 1 aliphatic heterocycles. The Morgan fingerprint density at radius 2 is 1.86 bits per heavy atom. The monoisotopic (exact) mass is 415 g/mol. The van der Waals surface area contributed by atoms with Crippen LogP contribution in [0.4, 0.5) is 11.4 Å². The number of aromatic nitrogens is 1. The van der Waals surface area contributed by atoms with E-state index < -0.39 is 0 Å². The van der Waals surface area contributed by atoms with E-state index in [2.05, 4.69) is 22.1 Å². The molecule has 1 aromatic heterocycles. The van der Waals surface area contributed by atoms with E-state index in [0.717, 1.165) is 41.2 Å². The predicted octanol–water partition coefficient (Wildman–Crippen LogP) is 6.22. The van der Waals surface area contributed by atoms with Crippen LogP contribution in [0, 0.1) is 5.92 Å². The Balaban J connectivity index is 1.63. The fourth-order valence-corrected chi connectivity index (χ4v) is 4.12. The van der Waals surface area contributed by atoms with E-state index in [0.29, 0.717) is 22.3 Å². The van der Waals surface area contributed by atoms with Crippen molar-refractivity contribution in [2.24, 2.45) is 5.92 Å². The number of nitrogens with zero attached hydrogens (tertiary/aromatic N) is 2. The molecule has 28 heavy (non-hydrogen) atoms. The SMILES string of the molecule is CC1CCN(Cc2cc(Cl)cc(Nc3ccnc4cc(Cl)ccc34)c2O)CC1. The molecule has 4 nitrogen and oxygen atoms in total. The lowest BCUT2D eigenvalue weighted by molar-refractivity contribution is 0.184. The molecular weight excluding hydrogens is 393 g/mol. The number of anilines is 2. The van der Waals surface area contributed by atoms with Crippen LogP contribution in [-0.2, 0) is 6.54 Å². The number of likely N-dealkylation sites (tertiary alicyclic amines) is 1. The number of aromatic hydroxyl groups is 1. The molecule has 6 heteroatoms. The third-order valence-electron chi connectivity index (χ3n) is 5.40. The summed E-state index contributed by atoms with van der Waals surface area (Å²) in [5, 5.41) is 16.4. The Hall–Kier alpha value is -2.01. The van der Waals surface area contributed by atoms with Gasteiger partial charge in [0.25, 0.3) is 0 Å². The van der Waals surface area contributed by atoms with Gasteiger partial charge in [-0.2, -0.15) is 0 Å². The number of fused-ring (bicyclic) bond motifs is 1. The Morgan fingerprint density at radius 1 is 1.07 bits per heavy atom. The largest absolute Gasteiger partial charge is 0.505 e. The molecular formula is C22H23Cl2N3O. The first-order chi connectivity index (χ1) is 13.5. The van der Waals surface area contributed by atoms with Gasteiger partial charge in [-0.3, -0.25) is 9.88 Å². The fraction of sp³-hybridized carbons (Fsp3) is 0.318. The minimum atomic E-state index is 0.238. The van der Waals surface area contributed by atoms with Gasteiger partial charge in [-0.05, 0) is 68.2 Å². The molecule has 2 aromatic carbocycles. The van der Waals surface area contributed by atoms with E-state index in [9.17, 15) is 5.11 Å². The molecule has 0 amide bonds. The van der Waals surface area contributed by atoms with Crippen LogP contribution in [0.15, 0.2) is 42.6 Å². The van der Waals surface area contributed by atoms with Gasteiger partial charge in [0.1, 0.15) is 5.75 Å². The van der Waals surface area contributed by atoms with Gasteiger partial charge >= 0.3 is 0 Å². The molecule has 0 spiro atoms. The van der Waals surface area contributed by atoms with Crippen LogP contribution in [0.1, 0.15) is 25.3 Å². The zero-order valence-electron chi connectivity index (χ0n) is 15.8. The molecule has 1 fully saturated rings. The number of hydrogen-bond acceptors (Lipinski definition) is 4. The van der Waals surface area contributed by atoms with Gasteiger partial charge in [-0.15, -0.1) is 0 Å². The number of hydrogen-bond donors (Lipinski definition) is 2. The summed E-state index contributed by atoms with van der Waals surface area (Å²) in [6.07, 6.45) is 4.11. The van der Waals surface area contributed by atoms with E-state index in [4.69, 9.17) is 23.2 Å². The topological polar surface area (TPSA) is 48.4 Å². The lowest BCUT2D eigenvalue weighted by Crippen LogP contribution is -2.32. The van der Waals surface area contributed by atoms with Crippen molar-refractivity contribution >= 4 is 45.5 Å². The minimum Gasteiger partial charge on any atom is -0.505 e. The highest BCUT2D eigenvalue weighted by atomic mass is 35.5. The third-order valence-corrected chi connectivity index (χ3v) is 5.85. The summed E-state index contributed by atoms with van der Waals surface area (Å²) in [7, 11) is 0. The summed E-state index contributed by atoms with van der Waals surface area (Å²) in [5.74, 6) is 1.01. The Bertz CT molecular complexity index is 1000. The van der Waals surface area contributed by atoms with Gasteiger partial charge in [0.05, 0.1) is 11.2 Å². The van der Waals surface area contributed by atoms with Crippen LogP contribution >= 0.6 is 23.2 Å². The first-order valence-electron chi connectivity index (χ1n) is 9.54. The lowest BCUT2D eigenvalue weighted by atomic mass is 9.98. The molecule has 1 aliphatic rings. The van der Waals surface area contributed by atoms with E-state index in [1.54, 1.807) is 12.3 Å². The molecule has 0 saturated carbocycles. The molecule has 0 bridgehead atoms. The van der Waals surface area contributed by atoms with Crippen LogP contribution in [0.3, 0.4) is 0 Å². The maximum Gasteiger partial charge on any atom is 0.143 e. The molecule has 1 saturated heterocycles. The van der Waals surface area contributed by atoms with Crippen LogP contribution in [-0.4, -0.2) is 28.1 Å². The Morgan fingerprint density at radius 3 is 2.64 bits per heavy atom. The molecule has 0 atom stereocenters. The summed E-state index contributed by atoms with van der Waals surface area (Å²) < 4.78 is 0. The summed E-state index contributed by atoms with van der Waals surface area (Å²) in [6.45, 7) is 5.08. The van der Waals surface area contributed by atoms with Crippen LogP contribution < -0.4 is 5.32 Å². The van der Waals surface area contributed by atoms with E-state index >= 15 is 0 Å². The minimum absolute atomic E-state index is 0.238. The molecule has 0 aliphatic carbocycles. The highest BCUT2D eigenvalue weighted by Crippen LogP contribution is 2.36. The number of rotatable bonds is 4. The van der Waals surface area contributed by atoms with Crippen molar-refractivity contribution in [3.63, 3.8) is 0 Å². The van der Waals surface area contributed by atoms with Crippen molar-refractivity contribution in [2.45, 2.75) is 26.3 Å². The zero-order chi connectivity index (χ0) is 19.7. The normalized spacial score (nSPS) is 15.8. The molecule has 2 heterocycles. The smallest absolute Gasteiger partial charge is 0.143 e. The van der Waals surface area contributed by atoms with Crippen molar-refractivity contribution in [1.82, 2.24) is 9.88 Å². The van der Waals surface area contributed by atoms with E-state index in [1.165, 1.54) is 12.8 Å². The first-order valence-corrected chi connectivity index (χ1v) is 10.3.